The number of halogens is 2. The van der Waals surface area contributed by atoms with E-state index >= 15 is 0 Å². The molecule has 0 aromatic carbocycles. The zero-order chi connectivity index (χ0) is 6.78. The summed E-state index contributed by atoms with van der Waals surface area (Å²) in [6.07, 6.45) is 0. The van der Waals surface area contributed by atoms with Gasteiger partial charge in [0.05, 0.1) is 7.32 Å². The van der Waals surface area contributed by atoms with Crippen LogP contribution in [0.1, 0.15) is 0 Å². The fraction of sp³-hybridized carbons (Fsp3) is 0. The Bertz CT molecular complexity index is 114. The van der Waals surface area contributed by atoms with Crippen LogP contribution in [0.5, 0.6) is 0 Å². The molecule has 0 spiro atoms. The Hall–Kier alpha value is 1.23. The molecule has 10 heavy (non-hydrogen) atoms. The molecule has 0 aliphatic rings. The molecule has 0 aromatic rings. The van der Waals surface area contributed by atoms with Crippen molar-refractivity contribution >= 4 is 15.3 Å². The van der Waals surface area contributed by atoms with Gasteiger partial charge in [0.25, 0.3) is 0 Å². The van der Waals surface area contributed by atoms with Gasteiger partial charge in [-0.2, -0.15) is 0 Å². The normalized spacial score (nSPS) is 9.20. The molecular weight excluding hydrogens is 158 g/mol. The minimum absolute atomic E-state index is 0. The second-order valence-corrected chi connectivity index (χ2v) is 1.85. The molecule has 0 radical (unpaired) electrons. The molecule has 0 fully saturated rings. The predicted molar refractivity (Wildman–Crippen MR) is 16.7 cm³/mol. The summed E-state index contributed by atoms with van der Waals surface area (Å²) in [5.74, 6) is 0. The maximum Gasteiger partial charge on any atom is 1.00 e. The Morgan fingerprint density at radius 1 is 1.30 bits per heavy atom. The van der Waals surface area contributed by atoms with Crippen LogP contribution in [0.2, 0.25) is 0 Å². The summed E-state index contributed by atoms with van der Waals surface area (Å²) in [4.78, 5) is 0. The van der Waals surface area contributed by atoms with Gasteiger partial charge >= 0.3 is 45.7 Å². The van der Waals surface area contributed by atoms with E-state index in [1.807, 2.05) is 0 Å². The molecule has 0 bridgehead atoms. The molecule has 0 N–H and O–H groups in total. The van der Waals surface area contributed by atoms with Crippen LogP contribution in [-0.4, -0.2) is 7.32 Å². The summed E-state index contributed by atoms with van der Waals surface area (Å²) in [6.45, 7) is 0. The fourth-order valence-electron chi connectivity index (χ4n) is 0.100. The molecule has 10 heteroatoms. The first-order valence-corrected chi connectivity index (χ1v) is 2.82. The van der Waals surface area contributed by atoms with E-state index < -0.39 is 15.3 Å². The van der Waals surface area contributed by atoms with Crippen molar-refractivity contribution in [3.05, 3.63) is 0 Å². The van der Waals surface area contributed by atoms with E-state index in [1.165, 1.54) is 0 Å². The van der Waals surface area contributed by atoms with E-state index in [9.17, 15) is 8.39 Å². The standard InChI is InChI=1S/BF2O4P.2Li/c2-8(3,6)7-1(4)5;;/q-2;2*+1. The third-order valence-corrected chi connectivity index (χ3v) is 0.626. The van der Waals surface area contributed by atoms with Gasteiger partial charge in [0.15, 0.2) is 0 Å². The molecule has 0 amide bonds. The molecule has 0 aliphatic heterocycles. The van der Waals surface area contributed by atoms with Gasteiger partial charge in [-0.05, 0) is 0 Å². The van der Waals surface area contributed by atoms with Gasteiger partial charge in [0.1, 0.15) is 0 Å². The van der Waals surface area contributed by atoms with Crippen molar-refractivity contribution in [1.29, 1.82) is 0 Å². The Morgan fingerprint density at radius 3 is 1.60 bits per heavy atom. The minimum atomic E-state index is -5.85. The van der Waals surface area contributed by atoms with Crippen LogP contribution in [0.3, 0.4) is 0 Å². The monoisotopic (exact) mass is 158 g/mol. The van der Waals surface area contributed by atoms with E-state index in [0.29, 0.717) is 0 Å². The van der Waals surface area contributed by atoms with Crippen molar-refractivity contribution < 1.29 is 65.2 Å². The molecule has 0 atom stereocenters. The third-order valence-electron chi connectivity index (χ3n) is 0.209. The van der Waals surface area contributed by atoms with Crippen molar-refractivity contribution in [2.24, 2.45) is 0 Å². The van der Waals surface area contributed by atoms with E-state index in [0.717, 1.165) is 0 Å². The topological polar surface area (TPSA) is 72.4 Å². The Kier molecular flexibility index (Phi) is 12.0. The van der Waals surface area contributed by atoms with Crippen molar-refractivity contribution in [1.82, 2.24) is 0 Å². The largest absolute Gasteiger partial charge is 1.00 e. The zero-order valence-corrected chi connectivity index (χ0v) is 6.31. The molecule has 0 heterocycles. The van der Waals surface area contributed by atoms with E-state index in [2.05, 4.69) is 4.44 Å². The molecular formula is BF2Li2O4P. The predicted octanol–water partition coefficient (Wildman–Crippen LogP) is -7.24. The summed E-state index contributed by atoms with van der Waals surface area (Å²) in [6, 6.07) is 0. The molecule has 0 unspecified atom stereocenters. The summed E-state index contributed by atoms with van der Waals surface area (Å²) in [5, 5.41) is 18.2. The first-order valence-electron chi connectivity index (χ1n) is 1.41. The maximum absolute atomic E-state index is 10.9. The summed E-state index contributed by atoms with van der Waals surface area (Å²) < 4.78 is 33.4. The SMILES string of the molecule is O=P(F)(F)OB([O-])[O-].[Li+].[Li+]. The first-order chi connectivity index (χ1) is 3.42. The van der Waals surface area contributed by atoms with Crippen molar-refractivity contribution in [3.63, 3.8) is 0 Å². The third kappa shape index (κ3) is 16.1. The van der Waals surface area contributed by atoms with Gasteiger partial charge < -0.3 is 14.5 Å². The zero-order valence-electron chi connectivity index (χ0n) is 5.41. The van der Waals surface area contributed by atoms with Crippen LogP contribution in [0.4, 0.5) is 8.39 Å². The van der Waals surface area contributed by atoms with Gasteiger partial charge in [-0.25, -0.2) is 4.57 Å². The number of hydrogen-bond donors (Lipinski definition) is 0. The molecule has 48 valence electrons. The van der Waals surface area contributed by atoms with Gasteiger partial charge in [0.2, 0.25) is 0 Å². The Labute approximate surface area is 80.6 Å². The van der Waals surface area contributed by atoms with E-state index in [4.69, 9.17) is 14.6 Å². The molecule has 0 saturated heterocycles. The Balaban J connectivity index is -0.000000245. The van der Waals surface area contributed by atoms with Crippen LogP contribution in [0, 0.1) is 0 Å². The smallest absolute Gasteiger partial charge is 0.870 e. The van der Waals surface area contributed by atoms with Crippen LogP contribution < -0.4 is 47.8 Å². The van der Waals surface area contributed by atoms with Crippen molar-refractivity contribution in [2.75, 3.05) is 0 Å². The average Bonchev–Trinajstić information content (AvgIpc) is 1.21. The molecule has 0 rings (SSSR count). The van der Waals surface area contributed by atoms with Crippen LogP contribution in [0.25, 0.3) is 0 Å². The van der Waals surface area contributed by atoms with Crippen LogP contribution in [-0.2, 0) is 9.01 Å². The first kappa shape index (κ1) is 17.4. The van der Waals surface area contributed by atoms with Gasteiger partial charge in [-0.15, -0.1) is 8.39 Å². The molecule has 0 aliphatic carbocycles. The quantitative estimate of drug-likeness (QED) is 0.295. The molecule has 0 saturated carbocycles. The fourth-order valence-corrected chi connectivity index (χ4v) is 0.301. The van der Waals surface area contributed by atoms with E-state index in [1.54, 1.807) is 0 Å². The number of rotatable bonds is 2. The van der Waals surface area contributed by atoms with Crippen molar-refractivity contribution in [3.8, 4) is 0 Å². The summed E-state index contributed by atoms with van der Waals surface area (Å²) in [5.41, 5.74) is 0. The van der Waals surface area contributed by atoms with Crippen LogP contribution in [0.15, 0.2) is 0 Å². The molecule has 4 nitrogen and oxygen atoms in total. The average molecular weight is 158 g/mol. The van der Waals surface area contributed by atoms with Crippen LogP contribution >= 0.6 is 7.99 Å². The maximum atomic E-state index is 10.9. The van der Waals surface area contributed by atoms with Gasteiger partial charge in [-0.1, -0.05) is 0 Å². The summed E-state index contributed by atoms with van der Waals surface area (Å²) in [7, 11) is -9.02. The molecule has 0 aromatic heterocycles. The van der Waals surface area contributed by atoms with Crippen molar-refractivity contribution in [2.45, 2.75) is 0 Å². The second-order valence-electron chi connectivity index (χ2n) is 0.809. The van der Waals surface area contributed by atoms with E-state index in [-0.39, 0.29) is 37.7 Å². The second kappa shape index (κ2) is 6.91. The summed E-state index contributed by atoms with van der Waals surface area (Å²) >= 11 is 0. The number of hydrogen-bond acceptors (Lipinski definition) is 4. The minimum Gasteiger partial charge on any atom is -0.870 e. The Morgan fingerprint density at radius 2 is 1.60 bits per heavy atom. The van der Waals surface area contributed by atoms with Gasteiger partial charge in [-0.3, -0.25) is 0 Å². The van der Waals surface area contributed by atoms with Gasteiger partial charge in [0, 0.05) is 0 Å².